The molecule has 1 aliphatic heterocycles. The van der Waals surface area contributed by atoms with Crippen LogP contribution in [0.5, 0.6) is 11.6 Å². The number of ether oxygens (including phenoxy) is 1. The first-order valence-electron chi connectivity index (χ1n) is 10.0. The van der Waals surface area contributed by atoms with E-state index in [0.29, 0.717) is 25.5 Å². The van der Waals surface area contributed by atoms with E-state index in [4.69, 9.17) is 16.3 Å². The van der Waals surface area contributed by atoms with E-state index in [0.717, 1.165) is 11.6 Å². The molecule has 32 heavy (non-hydrogen) atoms. The Kier molecular flexibility index (Phi) is 6.32. The molecule has 1 saturated heterocycles. The molecular formula is C22H22ClFN4O3S. The minimum atomic E-state index is -3.59. The second-order valence-corrected chi connectivity index (χ2v) is 9.91. The Balaban J connectivity index is 1.49. The standard InChI is InChI=1S/C22H22ClFN4O3S/c1-15-3-6-18(7-4-15)32(29,30)28-10-9-27(13-16(28)2)21-12-22(26-14-25-21)31-20-8-5-17(24)11-19(20)23/h3-8,11-12,14,16H,9-10,13H2,1-2H3/t16-/m0/s1. The van der Waals surface area contributed by atoms with Gasteiger partial charge in [0, 0.05) is 31.7 Å². The lowest BCUT2D eigenvalue weighted by Gasteiger charge is -2.39. The van der Waals surface area contributed by atoms with Crippen LogP contribution in [0.25, 0.3) is 0 Å². The third-order valence-corrected chi connectivity index (χ3v) is 7.58. The summed E-state index contributed by atoms with van der Waals surface area (Å²) in [7, 11) is -3.59. The Morgan fingerprint density at radius 3 is 2.53 bits per heavy atom. The number of nitrogens with zero attached hydrogens (tertiary/aromatic N) is 4. The second kappa shape index (κ2) is 9.01. The van der Waals surface area contributed by atoms with Crippen molar-refractivity contribution in [2.75, 3.05) is 24.5 Å². The molecule has 0 radical (unpaired) electrons. The summed E-state index contributed by atoms with van der Waals surface area (Å²) in [6, 6.07) is 12.1. The van der Waals surface area contributed by atoms with Gasteiger partial charge in [-0.25, -0.2) is 22.8 Å². The maximum atomic E-state index is 13.3. The summed E-state index contributed by atoms with van der Waals surface area (Å²) in [5.41, 5.74) is 1.01. The quantitative estimate of drug-likeness (QED) is 0.547. The summed E-state index contributed by atoms with van der Waals surface area (Å²) in [5.74, 6) is 0.677. The molecule has 0 unspecified atom stereocenters. The molecule has 1 aromatic heterocycles. The Morgan fingerprint density at radius 1 is 1.09 bits per heavy atom. The predicted molar refractivity (Wildman–Crippen MR) is 120 cm³/mol. The Bertz CT molecular complexity index is 1220. The molecule has 2 heterocycles. The first-order valence-corrected chi connectivity index (χ1v) is 11.8. The Morgan fingerprint density at radius 2 is 1.84 bits per heavy atom. The summed E-state index contributed by atoms with van der Waals surface area (Å²) in [4.78, 5) is 10.7. The van der Waals surface area contributed by atoms with E-state index in [1.807, 2.05) is 18.7 Å². The molecule has 0 bridgehead atoms. The topological polar surface area (TPSA) is 75.6 Å². The van der Waals surface area contributed by atoms with Gasteiger partial charge >= 0.3 is 0 Å². The summed E-state index contributed by atoms with van der Waals surface area (Å²) >= 11 is 6.02. The molecule has 0 spiro atoms. The first-order chi connectivity index (χ1) is 15.2. The molecule has 0 N–H and O–H groups in total. The van der Waals surface area contributed by atoms with Crippen LogP contribution in [0, 0.1) is 12.7 Å². The first kappa shape index (κ1) is 22.4. The molecular weight excluding hydrogens is 455 g/mol. The number of piperazine rings is 1. The SMILES string of the molecule is Cc1ccc(S(=O)(=O)N2CCN(c3cc(Oc4ccc(F)cc4Cl)ncn3)C[C@@H]2C)cc1. The van der Waals surface area contributed by atoms with E-state index in [2.05, 4.69) is 9.97 Å². The van der Waals surface area contributed by atoms with Crippen LogP contribution in [-0.2, 0) is 10.0 Å². The normalized spacial score (nSPS) is 17.4. The van der Waals surface area contributed by atoms with E-state index < -0.39 is 15.8 Å². The lowest BCUT2D eigenvalue weighted by atomic mass is 10.2. The molecule has 0 saturated carbocycles. The van der Waals surface area contributed by atoms with Crippen molar-refractivity contribution < 1.29 is 17.5 Å². The molecule has 10 heteroatoms. The van der Waals surface area contributed by atoms with Crippen molar-refractivity contribution in [1.82, 2.24) is 14.3 Å². The van der Waals surface area contributed by atoms with Crippen molar-refractivity contribution in [2.24, 2.45) is 0 Å². The fraction of sp³-hybridized carbons (Fsp3) is 0.273. The van der Waals surface area contributed by atoms with Gasteiger partial charge in [-0.3, -0.25) is 0 Å². The highest BCUT2D eigenvalue weighted by molar-refractivity contribution is 7.89. The van der Waals surface area contributed by atoms with Crippen LogP contribution in [0.2, 0.25) is 5.02 Å². The zero-order chi connectivity index (χ0) is 22.9. The van der Waals surface area contributed by atoms with Crippen LogP contribution in [0.1, 0.15) is 12.5 Å². The molecule has 0 aliphatic carbocycles. The Labute approximate surface area is 191 Å². The maximum Gasteiger partial charge on any atom is 0.243 e. The lowest BCUT2D eigenvalue weighted by Crippen LogP contribution is -2.54. The molecule has 7 nitrogen and oxygen atoms in total. The third kappa shape index (κ3) is 4.69. The van der Waals surface area contributed by atoms with E-state index in [1.165, 1.54) is 22.8 Å². The molecule has 3 aromatic rings. The van der Waals surface area contributed by atoms with Gasteiger partial charge in [0.2, 0.25) is 15.9 Å². The number of hydrogen-bond acceptors (Lipinski definition) is 6. The van der Waals surface area contributed by atoms with Gasteiger partial charge in [-0.05, 0) is 44.2 Å². The fourth-order valence-electron chi connectivity index (χ4n) is 3.58. The third-order valence-electron chi connectivity index (χ3n) is 5.25. The lowest BCUT2D eigenvalue weighted by molar-refractivity contribution is 0.305. The van der Waals surface area contributed by atoms with Gasteiger partial charge in [0.1, 0.15) is 23.7 Å². The predicted octanol–water partition coefficient (Wildman–Crippen LogP) is 4.27. The van der Waals surface area contributed by atoms with Gasteiger partial charge in [0.15, 0.2) is 0 Å². The van der Waals surface area contributed by atoms with Crippen LogP contribution in [0.15, 0.2) is 59.8 Å². The number of anilines is 1. The van der Waals surface area contributed by atoms with Gasteiger partial charge in [0.05, 0.1) is 9.92 Å². The van der Waals surface area contributed by atoms with Crippen molar-refractivity contribution in [3.8, 4) is 11.6 Å². The Hall–Kier alpha value is -2.75. The highest BCUT2D eigenvalue weighted by Crippen LogP contribution is 2.30. The number of aryl methyl sites for hydroxylation is 1. The largest absolute Gasteiger partial charge is 0.437 e. The minimum Gasteiger partial charge on any atom is -0.437 e. The summed E-state index contributed by atoms with van der Waals surface area (Å²) < 4.78 is 46.6. The summed E-state index contributed by atoms with van der Waals surface area (Å²) in [6.07, 6.45) is 1.36. The molecule has 1 fully saturated rings. The fourth-order valence-corrected chi connectivity index (χ4v) is 5.40. The number of hydrogen-bond donors (Lipinski definition) is 0. The molecule has 2 aromatic carbocycles. The van der Waals surface area contributed by atoms with E-state index in [1.54, 1.807) is 30.3 Å². The van der Waals surface area contributed by atoms with Gasteiger partial charge in [-0.2, -0.15) is 4.31 Å². The van der Waals surface area contributed by atoms with Crippen LogP contribution >= 0.6 is 11.6 Å². The van der Waals surface area contributed by atoms with E-state index >= 15 is 0 Å². The monoisotopic (exact) mass is 476 g/mol. The van der Waals surface area contributed by atoms with Crippen molar-refractivity contribution in [3.63, 3.8) is 0 Å². The summed E-state index contributed by atoms with van der Waals surface area (Å²) in [5, 5.41) is 0.133. The van der Waals surface area contributed by atoms with Gasteiger partial charge in [0.25, 0.3) is 0 Å². The van der Waals surface area contributed by atoms with E-state index in [9.17, 15) is 12.8 Å². The van der Waals surface area contributed by atoms with Crippen LogP contribution < -0.4 is 9.64 Å². The van der Waals surface area contributed by atoms with E-state index in [-0.39, 0.29) is 27.6 Å². The van der Waals surface area contributed by atoms with Gasteiger partial charge in [-0.15, -0.1) is 0 Å². The second-order valence-electron chi connectivity index (χ2n) is 7.62. The highest BCUT2D eigenvalue weighted by atomic mass is 35.5. The van der Waals surface area contributed by atoms with Crippen LogP contribution in [0.3, 0.4) is 0 Å². The molecule has 168 valence electrons. The van der Waals surface area contributed by atoms with Crippen molar-refractivity contribution in [2.45, 2.75) is 24.8 Å². The number of rotatable bonds is 5. The molecule has 4 rings (SSSR count). The number of sulfonamides is 1. The molecule has 0 amide bonds. The average Bonchev–Trinajstić information content (AvgIpc) is 2.76. The zero-order valence-corrected chi connectivity index (χ0v) is 19.1. The van der Waals surface area contributed by atoms with Crippen molar-refractivity contribution in [3.05, 3.63) is 71.3 Å². The average molecular weight is 477 g/mol. The van der Waals surface area contributed by atoms with Crippen LogP contribution in [0.4, 0.5) is 10.2 Å². The molecule has 1 atom stereocenters. The van der Waals surface area contributed by atoms with Crippen LogP contribution in [-0.4, -0.2) is 48.4 Å². The minimum absolute atomic E-state index is 0.133. The highest BCUT2D eigenvalue weighted by Gasteiger charge is 2.34. The molecule has 1 aliphatic rings. The van der Waals surface area contributed by atoms with Crippen molar-refractivity contribution in [1.29, 1.82) is 0 Å². The zero-order valence-electron chi connectivity index (χ0n) is 17.6. The smallest absolute Gasteiger partial charge is 0.243 e. The number of halogens is 2. The number of benzene rings is 2. The van der Waals surface area contributed by atoms with Gasteiger partial charge in [-0.1, -0.05) is 29.3 Å². The van der Waals surface area contributed by atoms with Crippen molar-refractivity contribution >= 4 is 27.4 Å². The number of aromatic nitrogens is 2. The maximum absolute atomic E-state index is 13.3. The van der Waals surface area contributed by atoms with Gasteiger partial charge < -0.3 is 9.64 Å². The summed E-state index contributed by atoms with van der Waals surface area (Å²) in [6.45, 7) is 5.03.